The van der Waals surface area contributed by atoms with E-state index in [-0.39, 0.29) is 28.9 Å². The van der Waals surface area contributed by atoms with Crippen molar-refractivity contribution in [2.75, 3.05) is 28.4 Å². The minimum atomic E-state index is -1.47. The molecule has 33 heavy (non-hydrogen) atoms. The molecule has 0 spiro atoms. The largest absolute Gasteiger partial charge is 0.502 e. The van der Waals surface area contributed by atoms with Crippen LogP contribution in [0, 0.1) is 17.3 Å². The van der Waals surface area contributed by atoms with Gasteiger partial charge >= 0.3 is 5.97 Å². The van der Waals surface area contributed by atoms with Gasteiger partial charge in [-0.3, -0.25) is 9.59 Å². The summed E-state index contributed by atoms with van der Waals surface area (Å²) in [7, 11) is 5.84. The zero-order valence-corrected chi connectivity index (χ0v) is 20.0. The molecule has 0 unspecified atom stereocenters. The summed E-state index contributed by atoms with van der Waals surface area (Å²) in [6.07, 6.45) is 3.20. The normalized spacial score (nSPS) is 30.4. The average Bonchev–Trinajstić information content (AvgIpc) is 2.90. The Kier molecular flexibility index (Phi) is 6.79. The number of esters is 1. The molecule has 180 valence electrons. The van der Waals surface area contributed by atoms with Gasteiger partial charge in [0.2, 0.25) is 5.75 Å². The van der Waals surface area contributed by atoms with Crippen molar-refractivity contribution >= 4 is 11.8 Å². The highest BCUT2D eigenvalue weighted by molar-refractivity contribution is 6.00. The molecule has 2 aliphatic rings. The molecule has 5 atom stereocenters. The summed E-state index contributed by atoms with van der Waals surface area (Å²) < 4.78 is 27.9. The van der Waals surface area contributed by atoms with Crippen molar-refractivity contribution in [2.45, 2.75) is 38.4 Å². The highest BCUT2D eigenvalue weighted by Crippen LogP contribution is 2.61. The van der Waals surface area contributed by atoms with E-state index in [1.165, 1.54) is 35.4 Å². The fourth-order valence-electron chi connectivity index (χ4n) is 5.57. The molecule has 0 heterocycles. The lowest BCUT2D eigenvalue weighted by Gasteiger charge is -2.42. The first-order valence-corrected chi connectivity index (χ1v) is 10.8. The summed E-state index contributed by atoms with van der Waals surface area (Å²) in [4.78, 5) is 26.1. The van der Waals surface area contributed by atoms with E-state index in [1.54, 1.807) is 24.3 Å². The second-order valence-electron chi connectivity index (χ2n) is 8.55. The van der Waals surface area contributed by atoms with Gasteiger partial charge < -0.3 is 28.8 Å². The van der Waals surface area contributed by atoms with Crippen LogP contribution in [0.2, 0.25) is 0 Å². The van der Waals surface area contributed by atoms with Crippen LogP contribution in [0.3, 0.4) is 0 Å². The Labute approximate surface area is 194 Å². The molecule has 2 aliphatic carbocycles. The molecule has 3 rings (SSSR count). The maximum Gasteiger partial charge on any atom is 0.303 e. The number of Topliss-reactive ketones (excluding diaryl/α,β-unsaturated/α-hetero) is 1. The first-order valence-electron chi connectivity index (χ1n) is 10.8. The summed E-state index contributed by atoms with van der Waals surface area (Å²) in [5.41, 5.74) is -1.62. The van der Waals surface area contributed by atoms with Gasteiger partial charge in [0, 0.05) is 20.0 Å². The fourth-order valence-corrected chi connectivity index (χ4v) is 5.57. The predicted molar refractivity (Wildman–Crippen MR) is 120 cm³/mol. The Bertz CT molecular complexity index is 958. The van der Waals surface area contributed by atoms with E-state index in [1.807, 2.05) is 6.92 Å². The number of aromatic hydroxyl groups is 1. The first kappa shape index (κ1) is 24.6. The number of methoxy groups -OCH3 is 4. The molecular weight excluding hydrogens is 428 g/mol. The maximum atomic E-state index is 14.1. The number of phenolic OH excluding ortho intramolecular Hbond substituents is 1. The van der Waals surface area contributed by atoms with Crippen LogP contribution in [0.25, 0.3) is 0 Å². The number of carbonyl (C=O) groups excluding carboxylic acids is 2. The summed E-state index contributed by atoms with van der Waals surface area (Å²) in [5, 5.41) is 10.3. The predicted octanol–water partition coefficient (Wildman–Crippen LogP) is 3.21. The van der Waals surface area contributed by atoms with Gasteiger partial charge in [0.15, 0.2) is 29.0 Å². The van der Waals surface area contributed by atoms with Gasteiger partial charge in [-0.25, -0.2) is 0 Å². The molecule has 1 saturated carbocycles. The van der Waals surface area contributed by atoms with Crippen molar-refractivity contribution in [1.82, 2.24) is 0 Å². The number of hydrogen-bond acceptors (Lipinski definition) is 8. The molecule has 0 amide bonds. The Morgan fingerprint density at radius 1 is 1.15 bits per heavy atom. The SMILES string of the molecule is C=CC[C@]12C=C(OC)[C@@H](OC(C)=O)[C@](OC)(C1=O)[C@@H](Cc1cc(OC)c(O)c(OC)c1)[C@@H]2C. The third-order valence-electron chi connectivity index (χ3n) is 7.13. The van der Waals surface area contributed by atoms with Crippen molar-refractivity contribution in [3.8, 4) is 17.2 Å². The molecule has 2 bridgehead atoms. The molecule has 0 aromatic heterocycles. The lowest BCUT2D eigenvalue weighted by atomic mass is 9.70. The Morgan fingerprint density at radius 2 is 1.76 bits per heavy atom. The van der Waals surface area contributed by atoms with Crippen LogP contribution < -0.4 is 9.47 Å². The second-order valence-corrected chi connectivity index (χ2v) is 8.55. The smallest absolute Gasteiger partial charge is 0.303 e. The standard InChI is InChI=1S/C25H32O8/c1-8-9-24-13-20(31-6)22(33-15(3)26)25(32-7,23(24)28)17(14(24)2)10-16-11-18(29-4)21(27)19(12-16)30-5/h8,11-14,17,22,27H,1,9-10H2,2-7H3/t14-,17-,22+,24+,25-/m0/s1. The van der Waals surface area contributed by atoms with Gasteiger partial charge in [-0.15, -0.1) is 6.58 Å². The molecule has 0 aliphatic heterocycles. The van der Waals surface area contributed by atoms with Crippen LogP contribution in [0.15, 0.2) is 36.6 Å². The number of benzene rings is 1. The zero-order chi connectivity index (χ0) is 24.6. The number of allylic oxidation sites excluding steroid dienone is 2. The van der Waals surface area contributed by atoms with Crippen molar-refractivity contribution in [1.29, 1.82) is 0 Å². The third-order valence-corrected chi connectivity index (χ3v) is 7.13. The van der Waals surface area contributed by atoms with Crippen molar-refractivity contribution in [3.63, 3.8) is 0 Å². The quantitative estimate of drug-likeness (QED) is 0.443. The van der Waals surface area contributed by atoms with Gasteiger partial charge in [0.25, 0.3) is 0 Å². The average molecular weight is 461 g/mol. The van der Waals surface area contributed by atoms with Crippen LogP contribution >= 0.6 is 0 Å². The van der Waals surface area contributed by atoms with Crippen LogP contribution in [0.4, 0.5) is 0 Å². The van der Waals surface area contributed by atoms with E-state index in [2.05, 4.69) is 6.58 Å². The number of carbonyl (C=O) groups is 2. The van der Waals surface area contributed by atoms with Gasteiger partial charge in [-0.2, -0.15) is 0 Å². The third kappa shape index (κ3) is 3.57. The summed E-state index contributed by atoms with van der Waals surface area (Å²) >= 11 is 0. The summed E-state index contributed by atoms with van der Waals surface area (Å²) in [5.74, 6) is -0.545. The first-order chi connectivity index (χ1) is 15.7. The van der Waals surface area contributed by atoms with E-state index in [0.717, 1.165) is 5.56 Å². The molecular formula is C25H32O8. The topological polar surface area (TPSA) is 101 Å². The Morgan fingerprint density at radius 3 is 2.21 bits per heavy atom. The van der Waals surface area contributed by atoms with E-state index < -0.39 is 29.0 Å². The fraction of sp³-hybridized carbons (Fsp3) is 0.520. The lowest BCUT2D eigenvalue weighted by molar-refractivity contribution is -0.182. The minimum Gasteiger partial charge on any atom is -0.502 e. The van der Waals surface area contributed by atoms with Crippen molar-refractivity contribution < 1.29 is 38.4 Å². The monoisotopic (exact) mass is 460 g/mol. The van der Waals surface area contributed by atoms with Crippen LogP contribution in [-0.4, -0.2) is 57.0 Å². The van der Waals surface area contributed by atoms with Gasteiger partial charge in [0.1, 0.15) is 5.76 Å². The van der Waals surface area contributed by atoms with E-state index >= 15 is 0 Å². The number of phenols is 1. The molecule has 1 aromatic carbocycles. The van der Waals surface area contributed by atoms with Gasteiger partial charge in [-0.1, -0.05) is 13.0 Å². The zero-order valence-electron chi connectivity index (χ0n) is 20.0. The van der Waals surface area contributed by atoms with Crippen LogP contribution in [-0.2, 0) is 30.2 Å². The number of ketones is 1. The molecule has 0 radical (unpaired) electrons. The van der Waals surface area contributed by atoms with Gasteiger partial charge in [0.05, 0.1) is 26.7 Å². The minimum absolute atomic E-state index is 0.108. The summed E-state index contributed by atoms with van der Waals surface area (Å²) in [6.45, 7) is 7.13. The Balaban J connectivity index is 2.21. The molecule has 8 heteroatoms. The maximum absolute atomic E-state index is 14.1. The molecule has 1 fully saturated rings. The van der Waals surface area contributed by atoms with Crippen molar-refractivity contribution in [3.05, 3.63) is 42.2 Å². The highest BCUT2D eigenvalue weighted by atomic mass is 16.6. The molecule has 8 nitrogen and oxygen atoms in total. The van der Waals surface area contributed by atoms with E-state index in [4.69, 9.17) is 23.7 Å². The number of hydrogen-bond donors (Lipinski definition) is 1. The number of rotatable bonds is 9. The van der Waals surface area contributed by atoms with Crippen LogP contribution in [0.1, 0.15) is 25.8 Å². The Hall–Kier alpha value is -3.00. The van der Waals surface area contributed by atoms with Crippen molar-refractivity contribution in [2.24, 2.45) is 17.3 Å². The summed E-state index contributed by atoms with van der Waals surface area (Å²) in [6, 6.07) is 3.40. The molecule has 1 N–H and O–H groups in total. The molecule has 1 aromatic rings. The van der Waals surface area contributed by atoms with Gasteiger partial charge in [-0.05, 0) is 42.5 Å². The number of fused-ring (bicyclic) bond motifs is 2. The second kappa shape index (κ2) is 9.09. The van der Waals surface area contributed by atoms with Crippen LogP contribution in [0.5, 0.6) is 17.2 Å². The van der Waals surface area contributed by atoms with E-state index in [9.17, 15) is 14.7 Å². The highest BCUT2D eigenvalue weighted by Gasteiger charge is 2.72. The van der Waals surface area contributed by atoms with E-state index in [0.29, 0.717) is 18.6 Å². The lowest BCUT2D eigenvalue weighted by Crippen LogP contribution is -2.59. The number of ether oxygens (including phenoxy) is 5. The molecule has 0 saturated heterocycles.